The van der Waals surface area contributed by atoms with Crippen molar-refractivity contribution in [2.45, 2.75) is 12.8 Å². The third-order valence-electron chi connectivity index (χ3n) is 2.39. The third kappa shape index (κ3) is 1.59. The van der Waals surface area contributed by atoms with Crippen molar-refractivity contribution in [3.05, 3.63) is 21.1 Å². The average Bonchev–Trinajstić information content (AvgIpc) is 2.18. The lowest BCUT2D eigenvalue weighted by atomic mass is 10.0. The van der Waals surface area contributed by atoms with E-state index in [2.05, 4.69) is 27.3 Å². The molecule has 2 nitrogen and oxygen atoms in total. The average molecular weight is 277 g/mol. The second-order valence-electron chi connectivity index (χ2n) is 3.27. The van der Waals surface area contributed by atoms with Gasteiger partial charge >= 0.3 is 0 Å². The van der Waals surface area contributed by atoms with E-state index in [0.717, 1.165) is 29.5 Å². The summed E-state index contributed by atoms with van der Waals surface area (Å²) in [5.74, 6) is 0.708. The molecule has 0 aromatic heterocycles. The molecule has 4 heteroatoms. The molecule has 2 rings (SSSR count). The largest absolute Gasteiger partial charge is 0.494 e. The first-order valence-corrected chi connectivity index (χ1v) is 5.70. The van der Waals surface area contributed by atoms with Crippen LogP contribution in [0.2, 0.25) is 5.02 Å². The number of benzene rings is 1. The fourth-order valence-electron chi connectivity index (χ4n) is 1.72. The molecule has 1 heterocycles. The standard InChI is InChI=1S/C10H11BrClNO/c1-14-10-7(11)5-6-3-2-4-13-9(6)8(10)12/h5,13H,2-4H2,1H3. The van der Waals surface area contributed by atoms with Gasteiger partial charge in [-0.3, -0.25) is 0 Å². The highest BCUT2D eigenvalue weighted by atomic mass is 79.9. The Morgan fingerprint density at radius 1 is 1.57 bits per heavy atom. The van der Waals surface area contributed by atoms with Crippen molar-refractivity contribution in [2.75, 3.05) is 19.0 Å². The van der Waals surface area contributed by atoms with Crippen LogP contribution in [0.1, 0.15) is 12.0 Å². The van der Waals surface area contributed by atoms with E-state index in [-0.39, 0.29) is 0 Å². The number of hydrogen-bond donors (Lipinski definition) is 1. The molecule has 0 radical (unpaired) electrons. The summed E-state index contributed by atoms with van der Waals surface area (Å²) in [6.07, 6.45) is 2.23. The van der Waals surface area contributed by atoms with Crippen LogP contribution in [0.15, 0.2) is 10.5 Å². The van der Waals surface area contributed by atoms with Gasteiger partial charge in [-0.25, -0.2) is 0 Å². The number of aryl methyl sites for hydroxylation is 1. The molecule has 0 atom stereocenters. The van der Waals surface area contributed by atoms with Crippen LogP contribution in [-0.2, 0) is 6.42 Å². The first-order valence-electron chi connectivity index (χ1n) is 4.52. The lowest BCUT2D eigenvalue weighted by Gasteiger charge is -2.21. The topological polar surface area (TPSA) is 21.3 Å². The smallest absolute Gasteiger partial charge is 0.153 e. The summed E-state index contributed by atoms with van der Waals surface area (Å²) < 4.78 is 6.15. The van der Waals surface area contributed by atoms with Crippen LogP contribution in [0.25, 0.3) is 0 Å². The third-order valence-corrected chi connectivity index (χ3v) is 3.34. The SMILES string of the molecule is COc1c(Br)cc2c(c1Cl)NCCC2. The quantitative estimate of drug-likeness (QED) is 0.848. The lowest BCUT2D eigenvalue weighted by Crippen LogP contribution is -2.12. The Labute approximate surface area is 96.7 Å². The Balaban J connectivity index is 2.57. The number of ether oxygens (including phenoxy) is 1. The van der Waals surface area contributed by atoms with Crippen molar-refractivity contribution in [2.24, 2.45) is 0 Å². The second-order valence-corrected chi connectivity index (χ2v) is 4.50. The zero-order valence-corrected chi connectivity index (χ0v) is 10.2. The van der Waals surface area contributed by atoms with Gasteiger partial charge in [0, 0.05) is 6.54 Å². The maximum absolute atomic E-state index is 6.21. The number of nitrogens with one attached hydrogen (secondary N) is 1. The van der Waals surface area contributed by atoms with Crippen LogP contribution >= 0.6 is 27.5 Å². The normalized spacial score (nSPS) is 14.5. The Hall–Kier alpha value is -0.410. The molecule has 14 heavy (non-hydrogen) atoms. The molecule has 1 N–H and O–H groups in total. The summed E-state index contributed by atoms with van der Waals surface area (Å²) in [6.45, 7) is 0.984. The van der Waals surface area contributed by atoms with Gasteiger partial charge in [0.1, 0.15) is 5.02 Å². The van der Waals surface area contributed by atoms with E-state index < -0.39 is 0 Å². The lowest BCUT2D eigenvalue weighted by molar-refractivity contribution is 0.412. The van der Waals surface area contributed by atoms with Crippen molar-refractivity contribution < 1.29 is 4.74 Å². The predicted octanol–water partition coefficient (Wildman–Crippen LogP) is 3.47. The Morgan fingerprint density at radius 3 is 3.07 bits per heavy atom. The summed E-state index contributed by atoms with van der Waals surface area (Å²) in [4.78, 5) is 0. The highest BCUT2D eigenvalue weighted by Gasteiger charge is 2.18. The van der Waals surface area contributed by atoms with E-state index in [1.54, 1.807) is 7.11 Å². The van der Waals surface area contributed by atoms with Gasteiger partial charge in [-0.05, 0) is 40.4 Å². The molecule has 0 aliphatic carbocycles. The van der Waals surface area contributed by atoms with Crippen LogP contribution in [0.3, 0.4) is 0 Å². The highest BCUT2D eigenvalue weighted by Crippen LogP contribution is 2.42. The van der Waals surface area contributed by atoms with E-state index >= 15 is 0 Å². The number of methoxy groups -OCH3 is 1. The van der Waals surface area contributed by atoms with E-state index in [9.17, 15) is 0 Å². The van der Waals surface area contributed by atoms with Gasteiger partial charge in [-0.2, -0.15) is 0 Å². The first-order chi connectivity index (χ1) is 6.74. The van der Waals surface area contributed by atoms with E-state index in [1.807, 2.05) is 0 Å². The molecule has 0 amide bonds. The molecular weight excluding hydrogens is 265 g/mol. The second kappa shape index (κ2) is 3.99. The molecule has 76 valence electrons. The molecule has 0 saturated heterocycles. The van der Waals surface area contributed by atoms with Gasteiger partial charge in [0.15, 0.2) is 5.75 Å². The maximum Gasteiger partial charge on any atom is 0.153 e. The minimum absolute atomic E-state index is 0.677. The fourth-order valence-corrected chi connectivity index (χ4v) is 2.84. The maximum atomic E-state index is 6.21. The predicted molar refractivity (Wildman–Crippen MR) is 62.5 cm³/mol. The van der Waals surface area contributed by atoms with Gasteiger partial charge in [0.05, 0.1) is 17.3 Å². The van der Waals surface area contributed by atoms with E-state index in [0.29, 0.717) is 10.8 Å². The number of fused-ring (bicyclic) bond motifs is 1. The molecular formula is C10H11BrClNO. The van der Waals surface area contributed by atoms with Gasteiger partial charge < -0.3 is 10.1 Å². The van der Waals surface area contributed by atoms with Crippen molar-refractivity contribution in [1.82, 2.24) is 0 Å². The molecule has 0 fully saturated rings. The molecule has 0 saturated carbocycles. The zero-order chi connectivity index (χ0) is 10.1. The van der Waals surface area contributed by atoms with Gasteiger partial charge in [0.2, 0.25) is 0 Å². The number of hydrogen-bond acceptors (Lipinski definition) is 2. The van der Waals surface area contributed by atoms with E-state index in [1.165, 1.54) is 5.56 Å². The summed E-state index contributed by atoms with van der Waals surface area (Å²) >= 11 is 9.66. The van der Waals surface area contributed by atoms with E-state index in [4.69, 9.17) is 16.3 Å². The monoisotopic (exact) mass is 275 g/mol. The van der Waals surface area contributed by atoms with Crippen molar-refractivity contribution in [3.63, 3.8) is 0 Å². The molecule has 0 bridgehead atoms. The Morgan fingerprint density at radius 2 is 2.36 bits per heavy atom. The number of rotatable bonds is 1. The first kappa shape index (κ1) is 10.1. The van der Waals surface area contributed by atoms with Crippen LogP contribution in [0.4, 0.5) is 5.69 Å². The molecule has 1 aliphatic rings. The Kier molecular flexibility index (Phi) is 2.88. The highest BCUT2D eigenvalue weighted by molar-refractivity contribution is 9.10. The molecule has 0 spiro atoms. The summed E-state index contributed by atoms with van der Waals surface area (Å²) in [6, 6.07) is 2.08. The number of halogens is 2. The van der Waals surface area contributed by atoms with Gasteiger partial charge in [0.25, 0.3) is 0 Å². The number of anilines is 1. The van der Waals surface area contributed by atoms with Crippen LogP contribution in [-0.4, -0.2) is 13.7 Å². The summed E-state index contributed by atoms with van der Waals surface area (Å²) in [5, 5.41) is 3.98. The fraction of sp³-hybridized carbons (Fsp3) is 0.400. The molecule has 0 unspecified atom stereocenters. The molecule has 1 aromatic carbocycles. The van der Waals surface area contributed by atoms with Crippen molar-refractivity contribution in [1.29, 1.82) is 0 Å². The molecule has 1 aliphatic heterocycles. The van der Waals surface area contributed by atoms with Crippen LogP contribution in [0.5, 0.6) is 5.75 Å². The van der Waals surface area contributed by atoms with Gasteiger partial charge in [-0.15, -0.1) is 0 Å². The van der Waals surface area contributed by atoms with Crippen LogP contribution in [0, 0.1) is 0 Å². The van der Waals surface area contributed by atoms with Crippen molar-refractivity contribution >= 4 is 33.2 Å². The summed E-state index contributed by atoms with van der Waals surface area (Å²) in [5.41, 5.74) is 2.28. The van der Waals surface area contributed by atoms with Crippen LogP contribution < -0.4 is 10.1 Å². The minimum Gasteiger partial charge on any atom is -0.494 e. The minimum atomic E-state index is 0.677. The zero-order valence-electron chi connectivity index (χ0n) is 7.86. The van der Waals surface area contributed by atoms with Crippen molar-refractivity contribution in [3.8, 4) is 5.75 Å². The van der Waals surface area contributed by atoms with Gasteiger partial charge in [-0.1, -0.05) is 11.6 Å². The summed E-state index contributed by atoms with van der Waals surface area (Å²) in [7, 11) is 1.63. The Bertz CT molecular complexity index is 368. The molecule has 1 aromatic rings.